The van der Waals surface area contributed by atoms with Gasteiger partial charge in [-0.25, -0.2) is 4.99 Å². The van der Waals surface area contributed by atoms with E-state index < -0.39 is 0 Å². The first-order valence-corrected chi connectivity index (χ1v) is 11.1. The molecule has 1 aromatic carbocycles. The van der Waals surface area contributed by atoms with E-state index in [-0.39, 0.29) is 6.10 Å². The molecule has 6 nitrogen and oxygen atoms in total. The monoisotopic (exact) mass is 403 g/mol. The van der Waals surface area contributed by atoms with E-state index in [1.165, 1.54) is 12.0 Å². The number of likely N-dealkylation sites (tertiary alicyclic amines) is 1. The number of hydrogen-bond donors (Lipinski definition) is 1. The van der Waals surface area contributed by atoms with Crippen LogP contribution in [0.1, 0.15) is 45.1 Å². The molecule has 29 heavy (non-hydrogen) atoms. The Bertz CT molecular complexity index is 638. The highest BCUT2D eigenvalue weighted by atomic mass is 16.5. The van der Waals surface area contributed by atoms with E-state index >= 15 is 0 Å². The summed E-state index contributed by atoms with van der Waals surface area (Å²) in [5, 5.41) is 3.43. The van der Waals surface area contributed by atoms with Gasteiger partial charge in [-0.05, 0) is 64.2 Å². The second-order valence-electron chi connectivity index (χ2n) is 8.09. The maximum atomic E-state index is 6.10. The normalized spacial score (nSPS) is 22.0. The lowest BCUT2D eigenvalue weighted by Gasteiger charge is -2.34. The van der Waals surface area contributed by atoms with E-state index in [1.54, 1.807) is 0 Å². The molecule has 1 N–H and O–H groups in total. The molecule has 0 aromatic heterocycles. The van der Waals surface area contributed by atoms with Crippen LogP contribution in [0.3, 0.4) is 0 Å². The molecule has 162 valence electrons. The lowest BCUT2D eigenvalue weighted by Crippen LogP contribution is -2.47. The van der Waals surface area contributed by atoms with Gasteiger partial charge in [0.1, 0.15) is 11.9 Å². The number of hydrogen-bond acceptors (Lipinski definition) is 4. The summed E-state index contributed by atoms with van der Waals surface area (Å²) in [6, 6.07) is 8.16. The van der Waals surface area contributed by atoms with E-state index in [4.69, 9.17) is 19.2 Å². The molecule has 0 saturated carbocycles. The maximum Gasteiger partial charge on any atom is 0.194 e. The average molecular weight is 404 g/mol. The molecule has 2 aliphatic rings. The third-order valence-electron chi connectivity index (χ3n) is 5.44. The van der Waals surface area contributed by atoms with E-state index in [0.29, 0.717) is 18.8 Å². The molecule has 2 saturated heterocycles. The standard InChI is InChI=1S/C23H37N3O3/c1-4-24-23(25-16-19(3)29-21-8-5-7-18(2)15-21)26-12-10-20(11-13-26)28-17-22-9-6-14-27-22/h5,7-8,15,19-20,22H,4,6,9-14,16-17H2,1-3H3,(H,24,25). The van der Waals surface area contributed by atoms with Crippen LogP contribution in [0.25, 0.3) is 0 Å². The van der Waals surface area contributed by atoms with Crippen molar-refractivity contribution in [2.45, 2.75) is 64.8 Å². The van der Waals surface area contributed by atoms with Crippen LogP contribution in [-0.4, -0.2) is 68.6 Å². The van der Waals surface area contributed by atoms with E-state index in [1.807, 2.05) is 12.1 Å². The summed E-state index contributed by atoms with van der Waals surface area (Å²) in [6.07, 6.45) is 5.04. The minimum atomic E-state index is 0.0257. The van der Waals surface area contributed by atoms with Gasteiger partial charge in [0.15, 0.2) is 5.96 Å². The number of aryl methyl sites for hydroxylation is 1. The molecule has 0 aliphatic carbocycles. The summed E-state index contributed by atoms with van der Waals surface area (Å²) in [5.74, 6) is 1.88. The molecular weight excluding hydrogens is 366 g/mol. The van der Waals surface area contributed by atoms with Crippen LogP contribution < -0.4 is 10.1 Å². The zero-order valence-electron chi connectivity index (χ0n) is 18.2. The Morgan fingerprint density at radius 3 is 2.83 bits per heavy atom. The summed E-state index contributed by atoms with van der Waals surface area (Å²) < 4.78 is 17.8. The fraction of sp³-hybridized carbons (Fsp3) is 0.696. The Balaban J connectivity index is 1.44. The van der Waals surface area contributed by atoms with Crippen molar-refractivity contribution in [3.8, 4) is 5.75 Å². The van der Waals surface area contributed by atoms with Gasteiger partial charge in [-0.15, -0.1) is 0 Å². The third kappa shape index (κ3) is 7.19. The minimum absolute atomic E-state index is 0.0257. The third-order valence-corrected chi connectivity index (χ3v) is 5.44. The van der Waals surface area contributed by atoms with Gasteiger partial charge in [0.05, 0.1) is 25.4 Å². The molecule has 2 fully saturated rings. The van der Waals surface area contributed by atoms with Crippen molar-refractivity contribution in [2.24, 2.45) is 4.99 Å². The predicted molar refractivity (Wildman–Crippen MR) is 117 cm³/mol. The highest BCUT2D eigenvalue weighted by Crippen LogP contribution is 2.18. The SMILES string of the molecule is CCNC(=NCC(C)Oc1cccc(C)c1)N1CCC(OCC2CCCO2)CC1. The summed E-state index contributed by atoms with van der Waals surface area (Å²) in [4.78, 5) is 7.18. The fourth-order valence-corrected chi connectivity index (χ4v) is 3.85. The number of aliphatic imine (C=N–C) groups is 1. The zero-order chi connectivity index (χ0) is 20.5. The van der Waals surface area contributed by atoms with Gasteiger partial charge in [0, 0.05) is 26.2 Å². The molecule has 2 heterocycles. The molecule has 1 aromatic rings. The maximum absolute atomic E-state index is 6.10. The molecule has 2 atom stereocenters. The van der Waals surface area contributed by atoms with Gasteiger partial charge in [-0.1, -0.05) is 12.1 Å². The van der Waals surface area contributed by atoms with Crippen LogP contribution in [0.15, 0.2) is 29.3 Å². The highest BCUT2D eigenvalue weighted by Gasteiger charge is 2.24. The lowest BCUT2D eigenvalue weighted by atomic mass is 10.1. The van der Waals surface area contributed by atoms with Crippen molar-refractivity contribution in [3.63, 3.8) is 0 Å². The first-order chi connectivity index (χ1) is 14.1. The Morgan fingerprint density at radius 2 is 2.14 bits per heavy atom. The van der Waals surface area contributed by atoms with Gasteiger partial charge in [0.25, 0.3) is 0 Å². The van der Waals surface area contributed by atoms with Crippen LogP contribution in [0.5, 0.6) is 5.75 Å². The second-order valence-corrected chi connectivity index (χ2v) is 8.09. The van der Waals surface area contributed by atoms with Crippen molar-refractivity contribution in [1.29, 1.82) is 0 Å². The number of nitrogens with one attached hydrogen (secondary N) is 1. The topological polar surface area (TPSA) is 55.3 Å². The van der Waals surface area contributed by atoms with Crippen LogP contribution >= 0.6 is 0 Å². The number of piperidine rings is 1. The predicted octanol–water partition coefficient (Wildman–Crippen LogP) is 3.39. The molecule has 6 heteroatoms. The van der Waals surface area contributed by atoms with E-state index in [0.717, 1.165) is 63.8 Å². The lowest BCUT2D eigenvalue weighted by molar-refractivity contribution is -0.0367. The van der Waals surface area contributed by atoms with Crippen molar-refractivity contribution in [3.05, 3.63) is 29.8 Å². The van der Waals surface area contributed by atoms with E-state index in [2.05, 4.69) is 43.1 Å². The first kappa shape index (κ1) is 21.9. The Labute approximate surface area is 175 Å². The highest BCUT2D eigenvalue weighted by molar-refractivity contribution is 5.80. The number of guanidine groups is 1. The Kier molecular flexibility index (Phi) is 8.62. The molecule has 3 rings (SSSR count). The first-order valence-electron chi connectivity index (χ1n) is 11.1. The number of ether oxygens (including phenoxy) is 3. The quantitative estimate of drug-likeness (QED) is 0.533. The number of rotatable bonds is 8. The van der Waals surface area contributed by atoms with Gasteiger partial charge in [0.2, 0.25) is 0 Å². The average Bonchev–Trinajstić information content (AvgIpc) is 3.24. The van der Waals surface area contributed by atoms with Gasteiger partial charge < -0.3 is 24.4 Å². The van der Waals surface area contributed by atoms with Gasteiger partial charge in [-0.3, -0.25) is 0 Å². The van der Waals surface area contributed by atoms with Gasteiger partial charge >= 0.3 is 0 Å². The Morgan fingerprint density at radius 1 is 1.31 bits per heavy atom. The fourth-order valence-electron chi connectivity index (χ4n) is 3.85. The molecule has 0 radical (unpaired) electrons. The van der Waals surface area contributed by atoms with Crippen molar-refractivity contribution in [2.75, 3.05) is 39.4 Å². The summed E-state index contributed by atoms with van der Waals surface area (Å²) in [7, 11) is 0. The smallest absolute Gasteiger partial charge is 0.194 e. The van der Waals surface area contributed by atoms with Crippen LogP contribution in [0.4, 0.5) is 0 Å². The van der Waals surface area contributed by atoms with Gasteiger partial charge in [-0.2, -0.15) is 0 Å². The summed E-state index contributed by atoms with van der Waals surface area (Å²) >= 11 is 0. The molecular formula is C23H37N3O3. The molecule has 0 spiro atoms. The zero-order valence-corrected chi connectivity index (χ0v) is 18.2. The molecule has 2 aliphatic heterocycles. The Hall–Kier alpha value is -1.79. The number of nitrogens with zero attached hydrogens (tertiary/aromatic N) is 2. The largest absolute Gasteiger partial charge is 0.489 e. The van der Waals surface area contributed by atoms with Crippen molar-refractivity contribution < 1.29 is 14.2 Å². The van der Waals surface area contributed by atoms with Crippen LogP contribution in [0, 0.1) is 6.92 Å². The van der Waals surface area contributed by atoms with E-state index in [9.17, 15) is 0 Å². The second kappa shape index (κ2) is 11.4. The molecule has 2 unspecified atom stereocenters. The summed E-state index contributed by atoms with van der Waals surface area (Å²) in [5.41, 5.74) is 1.20. The molecule has 0 amide bonds. The molecule has 0 bridgehead atoms. The summed E-state index contributed by atoms with van der Waals surface area (Å²) in [6.45, 7) is 11.3. The van der Waals surface area contributed by atoms with Crippen LogP contribution in [-0.2, 0) is 9.47 Å². The van der Waals surface area contributed by atoms with Crippen molar-refractivity contribution in [1.82, 2.24) is 10.2 Å². The van der Waals surface area contributed by atoms with Crippen molar-refractivity contribution >= 4 is 5.96 Å². The number of benzene rings is 1. The minimum Gasteiger partial charge on any atom is -0.489 e. The van der Waals surface area contributed by atoms with Crippen LogP contribution in [0.2, 0.25) is 0 Å².